The zero-order valence-corrected chi connectivity index (χ0v) is 17.8. The van der Waals surface area contributed by atoms with Gasteiger partial charge in [-0.3, -0.25) is 4.57 Å². The van der Waals surface area contributed by atoms with E-state index in [4.69, 9.17) is 0 Å². The molecule has 152 valence electrons. The molecule has 3 aromatic carbocycles. The molecule has 0 aliphatic rings. The first kappa shape index (κ1) is 21.3. The number of rotatable bonds is 6. The molecular formula is C24H26FO3P. The molecule has 3 rings (SSSR count). The zero-order chi connectivity index (χ0) is 21.2. The first-order valence-electron chi connectivity index (χ1n) is 9.54. The van der Waals surface area contributed by atoms with Crippen molar-refractivity contribution in [3.05, 3.63) is 99.4 Å². The minimum atomic E-state index is -3.11. The minimum absolute atomic E-state index is 0.177. The van der Waals surface area contributed by atoms with Crippen LogP contribution in [0.3, 0.4) is 0 Å². The summed E-state index contributed by atoms with van der Waals surface area (Å²) in [5.41, 5.74) is 7.03. The van der Waals surface area contributed by atoms with E-state index >= 15 is 0 Å². The fourth-order valence-electron chi connectivity index (χ4n) is 3.71. The van der Waals surface area contributed by atoms with Crippen molar-refractivity contribution in [1.29, 1.82) is 0 Å². The molecule has 3 aromatic rings. The maximum absolute atomic E-state index is 13.1. The van der Waals surface area contributed by atoms with E-state index in [-0.39, 0.29) is 17.7 Å². The molecule has 0 bridgehead atoms. The number of phenolic OH excluding ortho intramolecular Hbond substituents is 1. The molecule has 3 nitrogen and oxygen atoms in total. The number of halogens is 1. The summed E-state index contributed by atoms with van der Waals surface area (Å²) in [6.07, 6.45) is 1.41. The van der Waals surface area contributed by atoms with Crippen molar-refractivity contribution in [2.45, 2.75) is 32.9 Å². The number of hydrogen-bond acceptors (Lipinski definition) is 2. The Kier molecular flexibility index (Phi) is 6.26. The molecule has 5 heteroatoms. The average Bonchev–Trinajstić information content (AvgIpc) is 2.61. The second-order valence-electron chi connectivity index (χ2n) is 7.86. The topological polar surface area (TPSA) is 57.5 Å². The first-order chi connectivity index (χ1) is 13.6. The van der Waals surface area contributed by atoms with Gasteiger partial charge >= 0.3 is 0 Å². The third-order valence-electron chi connectivity index (χ3n) is 5.06. The van der Waals surface area contributed by atoms with Gasteiger partial charge in [-0.25, -0.2) is 4.39 Å². The highest BCUT2D eigenvalue weighted by atomic mass is 31.2. The smallest absolute Gasteiger partial charge is 0.201 e. The molecule has 0 spiro atoms. The van der Waals surface area contributed by atoms with Crippen LogP contribution in [0.4, 0.5) is 4.39 Å². The molecule has 1 atom stereocenters. The van der Waals surface area contributed by atoms with Gasteiger partial charge in [-0.2, -0.15) is 0 Å². The van der Waals surface area contributed by atoms with Gasteiger partial charge in [0.1, 0.15) is 11.6 Å². The number of aryl methyl sites for hydroxylation is 2. The SMILES string of the molecule is Cc1cc(CP(C)(=O)O)cc(C)c1Cc1ccc(O)c(Cc2ccc(F)cc2)c1. The van der Waals surface area contributed by atoms with Crippen LogP contribution in [0.25, 0.3) is 0 Å². The fourth-order valence-corrected chi connectivity index (χ4v) is 4.57. The molecular weight excluding hydrogens is 386 g/mol. The molecule has 1 unspecified atom stereocenters. The van der Waals surface area contributed by atoms with E-state index in [2.05, 4.69) is 0 Å². The third-order valence-corrected chi connectivity index (χ3v) is 6.02. The lowest BCUT2D eigenvalue weighted by Gasteiger charge is -2.15. The Morgan fingerprint density at radius 3 is 2.03 bits per heavy atom. The van der Waals surface area contributed by atoms with Crippen molar-refractivity contribution in [2.24, 2.45) is 0 Å². The summed E-state index contributed by atoms with van der Waals surface area (Å²) in [5.74, 6) is -0.0507. The van der Waals surface area contributed by atoms with Crippen LogP contribution in [0.1, 0.15) is 38.9 Å². The van der Waals surface area contributed by atoms with Crippen molar-refractivity contribution >= 4 is 7.37 Å². The van der Waals surface area contributed by atoms with E-state index in [1.807, 2.05) is 38.1 Å². The van der Waals surface area contributed by atoms with Crippen molar-refractivity contribution in [3.8, 4) is 5.75 Å². The lowest BCUT2D eigenvalue weighted by Crippen LogP contribution is -2.00. The third kappa shape index (κ3) is 5.79. The Bertz CT molecular complexity index is 1040. The van der Waals surface area contributed by atoms with Gasteiger partial charge in [-0.05, 0) is 77.4 Å². The molecule has 0 radical (unpaired) electrons. The van der Waals surface area contributed by atoms with Crippen molar-refractivity contribution < 1.29 is 19.0 Å². The van der Waals surface area contributed by atoms with Crippen molar-refractivity contribution in [2.75, 3.05) is 6.66 Å². The van der Waals surface area contributed by atoms with Gasteiger partial charge in [-0.15, -0.1) is 0 Å². The normalized spacial score (nSPS) is 13.3. The predicted molar refractivity (Wildman–Crippen MR) is 115 cm³/mol. The standard InChI is InChI=1S/C24H26FO3P/c1-16-10-20(15-29(3,27)28)11-17(2)23(16)14-19-6-9-24(26)21(13-19)12-18-4-7-22(25)8-5-18/h4-11,13,26H,12,14-15H2,1-3H3,(H,27,28). The Hall–Kier alpha value is -2.42. The summed E-state index contributed by atoms with van der Waals surface area (Å²) in [5, 5.41) is 10.2. The summed E-state index contributed by atoms with van der Waals surface area (Å²) in [6, 6.07) is 15.8. The lowest BCUT2D eigenvalue weighted by atomic mass is 9.92. The van der Waals surface area contributed by atoms with Gasteiger partial charge in [0.25, 0.3) is 0 Å². The van der Waals surface area contributed by atoms with Crippen LogP contribution in [0.5, 0.6) is 5.75 Å². The van der Waals surface area contributed by atoms with Crippen molar-refractivity contribution in [3.63, 3.8) is 0 Å². The summed E-state index contributed by atoms with van der Waals surface area (Å²) >= 11 is 0. The maximum Gasteiger partial charge on any atom is 0.201 e. The van der Waals surface area contributed by atoms with E-state index in [0.717, 1.165) is 33.4 Å². The first-order valence-corrected chi connectivity index (χ1v) is 11.8. The fraction of sp³-hybridized carbons (Fsp3) is 0.250. The van der Waals surface area contributed by atoms with Gasteiger partial charge in [0.15, 0.2) is 0 Å². The highest BCUT2D eigenvalue weighted by Crippen LogP contribution is 2.40. The van der Waals surface area contributed by atoms with Gasteiger partial charge < -0.3 is 10.00 Å². The van der Waals surface area contributed by atoms with Crippen LogP contribution in [0.2, 0.25) is 0 Å². The summed E-state index contributed by atoms with van der Waals surface area (Å²) in [7, 11) is -3.11. The van der Waals surface area contributed by atoms with Gasteiger partial charge in [0, 0.05) is 19.2 Å². The second-order valence-corrected chi connectivity index (χ2v) is 10.3. The molecule has 0 aliphatic carbocycles. The van der Waals surface area contributed by atoms with E-state index in [0.29, 0.717) is 12.8 Å². The molecule has 0 saturated carbocycles. The van der Waals surface area contributed by atoms with Crippen LogP contribution in [-0.2, 0) is 23.6 Å². The molecule has 0 aromatic heterocycles. The predicted octanol–water partition coefficient (Wildman–Crippen LogP) is 5.73. The van der Waals surface area contributed by atoms with E-state index < -0.39 is 7.37 Å². The summed E-state index contributed by atoms with van der Waals surface area (Å²) in [6.45, 7) is 5.41. The highest BCUT2D eigenvalue weighted by Gasteiger charge is 2.14. The molecule has 0 fully saturated rings. The Morgan fingerprint density at radius 1 is 0.862 bits per heavy atom. The Morgan fingerprint density at radius 2 is 1.45 bits per heavy atom. The monoisotopic (exact) mass is 412 g/mol. The number of aromatic hydroxyl groups is 1. The van der Waals surface area contributed by atoms with Crippen LogP contribution in [-0.4, -0.2) is 16.7 Å². The quantitative estimate of drug-likeness (QED) is 0.509. The van der Waals surface area contributed by atoms with E-state index in [1.165, 1.54) is 24.4 Å². The van der Waals surface area contributed by atoms with E-state index in [9.17, 15) is 19.0 Å². The zero-order valence-electron chi connectivity index (χ0n) is 16.9. The minimum Gasteiger partial charge on any atom is -0.508 e. The van der Waals surface area contributed by atoms with Crippen molar-refractivity contribution in [1.82, 2.24) is 0 Å². The Balaban J connectivity index is 1.85. The van der Waals surface area contributed by atoms with Crippen LogP contribution < -0.4 is 0 Å². The maximum atomic E-state index is 13.1. The van der Waals surface area contributed by atoms with Crippen LogP contribution in [0.15, 0.2) is 54.6 Å². The molecule has 0 heterocycles. The van der Waals surface area contributed by atoms with E-state index in [1.54, 1.807) is 18.2 Å². The lowest BCUT2D eigenvalue weighted by molar-refractivity contribution is 0.469. The second kappa shape index (κ2) is 8.52. The van der Waals surface area contributed by atoms with Gasteiger partial charge in [0.05, 0.1) is 0 Å². The average molecular weight is 412 g/mol. The molecule has 29 heavy (non-hydrogen) atoms. The number of phenols is 1. The number of benzene rings is 3. The molecule has 2 N–H and O–H groups in total. The highest BCUT2D eigenvalue weighted by molar-refractivity contribution is 7.56. The molecule has 0 aliphatic heterocycles. The van der Waals surface area contributed by atoms with Crippen LogP contribution in [0, 0.1) is 19.7 Å². The van der Waals surface area contributed by atoms with Gasteiger partial charge in [0.2, 0.25) is 7.37 Å². The summed E-state index contributed by atoms with van der Waals surface area (Å²) in [4.78, 5) is 9.66. The van der Waals surface area contributed by atoms with Crippen LogP contribution >= 0.6 is 7.37 Å². The van der Waals surface area contributed by atoms with Gasteiger partial charge in [-0.1, -0.05) is 36.4 Å². The largest absolute Gasteiger partial charge is 0.508 e. The molecule has 0 amide bonds. The molecule has 0 saturated heterocycles. The Labute approximate surface area is 171 Å². The summed E-state index contributed by atoms with van der Waals surface area (Å²) < 4.78 is 24.9. The number of hydrogen-bond donors (Lipinski definition) is 2.